The molecule has 2 atom stereocenters. The van der Waals surface area contributed by atoms with E-state index in [1.165, 1.54) is 11.8 Å². The van der Waals surface area contributed by atoms with Gasteiger partial charge in [0.1, 0.15) is 43.5 Å². The van der Waals surface area contributed by atoms with Gasteiger partial charge in [-0.15, -0.1) is 11.8 Å². The van der Waals surface area contributed by atoms with Crippen molar-refractivity contribution < 1.29 is 66.5 Å². The number of esters is 4. The molecule has 2 unspecified atom stereocenters. The molecule has 0 radical (unpaired) electrons. The van der Waals surface area contributed by atoms with Crippen LogP contribution >= 0.6 is 35.0 Å². The highest BCUT2D eigenvalue weighted by molar-refractivity contribution is 7.99. The van der Waals surface area contributed by atoms with Gasteiger partial charge in [-0.2, -0.15) is 0 Å². The van der Waals surface area contributed by atoms with Gasteiger partial charge in [0, 0.05) is 134 Å². The highest BCUT2D eigenvalue weighted by atomic mass is 35.5. The summed E-state index contributed by atoms with van der Waals surface area (Å²) in [4.78, 5) is 63.7. The van der Waals surface area contributed by atoms with Crippen LogP contribution < -0.4 is 20.1 Å². The van der Waals surface area contributed by atoms with Crippen LogP contribution in [0.4, 0.5) is 0 Å². The van der Waals surface area contributed by atoms with Crippen molar-refractivity contribution in [3.8, 4) is 11.5 Å². The second-order valence-electron chi connectivity index (χ2n) is 21.8. The molecule has 2 aromatic carbocycles. The number of hydrogen-bond donors (Lipinski definition) is 2. The summed E-state index contributed by atoms with van der Waals surface area (Å²) in [5.41, 5.74) is 4.41. The molecule has 8 rings (SSSR count). The van der Waals surface area contributed by atoms with Gasteiger partial charge in [0.25, 0.3) is 0 Å². The van der Waals surface area contributed by atoms with Gasteiger partial charge in [0.2, 0.25) is 0 Å². The van der Waals surface area contributed by atoms with Gasteiger partial charge in [-0.05, 0) is 76.6 Å². The number of unbranched alkanes of at least 4 members (excludes halogenated alkanes) is 1. The van der Waals surface area contributed by atoms with Crippen molar-refractivity contribution in [3.05, 3.63) is 97.6 Å². The molecule has 6 aliphatic heterocycles. The summed E-state index contributed by atoms with van der Waals surface area (Å²) in [5.74, 6) is -0.760. The van der Waals surface area contributed by atoms with Gasteiger partial charge < -0.3 is 58.0 Å². The standard InChI is InChI=1S/C33H49N3O8.C29H39Cl2N3O6S/c1-5-6-15-41-27-7-9-28(10-8-27)42-20-21-43-32(37)30-24(2)31(26(4)34-25(30)3)33(38)44-29(22-35-11-16-39-17-12-35)23-36-13-18-40-19-14-36;1-19-26(28(35)39-12-13-41-25-15-22(30)14-23(31)16-25)20(2)32-21(3)27(19)29(36)40-24(17-33-4-8-37-9-5-33)18-34-6-10-38-11-7-34/h7-10,24,29,34H,5-6,11-23H2,1-4H3;14-16,19,24,32H,4-13,17-18H2,1-3H3. The van der Waals surface area contributed by atoms with E-state index in [9.17, 15) is 19.2 Å². The van der Waals surface area contributed by atoms with E-state index in [1.807, 2.05) is 77.9 Å². The fourth-order valence-corrected chi connectivity index (χ4v) is 12.5. The molecular weight excluding hydrogens is 1160 g/mol. The smallest absolute Gasteiger partial charge is 0.336 e. The number of rotatable bonds is 26. The van der Waals surface area contributed by atoms with Gasteiger partial charge in [0.15, 0.2) is 0 Å². The molecule has 470 valence electrons. The number of hydrogen-bond acceptors (Lipinski definition) is 21. The summed E-state index contributed by atoms with van der Waals surface area (Å²) in [6.45, 7) is 28.6. The van der Waals surface area contributed by atoms with Crippen LogP contribution in [0.15, 0.2) is 92.4 Å². The number of morpholine rings is 4. The predicted molar refractivity (Wildman–Crippen MR) is 326 cm³/mol. The molecule has 85 heavy (non-hydrogen) atoms. The van der Waals surface area contributed by atoms with Crippen molar-refractivity contribution in [2.75, 3.05) is 164 Å². The Hall–Kier alpha value is -4.91. The van der Waals surface area contributed by atoms with Crippen molar-refractivity contribution in [1.82, 2.24) is 30.2 Å². The molecule has 2 N–H and O–H groups in total. The highest BCUT2D eigenvalue weighted by Crippen LogP contribution is 2.34. The molecule has 0 aromatic heterocycles. The monoisotopic (exact) mass is 1240 g/mol. The second kappa shape index (κ2) is 35.2. The summed E-state index contributed by atoms with van der Waals surface area (Å²) >= 11 is 13.6. The van der Waals surface area contributed by atoms with E-state index in [1.54, 1.807) is 6.07 Å². The number of carbonyl (C=O) groups is 4. The number of allylic oxidation sites excluding steroid dienone is 4. The zero-order valence-corrected chi connectivity index (χ0v) is 52.9. The van der Waals surface area contributed by atoms with Gasteiger partial charge >= 0.3 is 23.9 Å². The van der Waals surface area contributed by atoms with Crippen molar-refractivity contribution in [2.45, 2.75) is 78.4 Å². The Balaban J connectivity index is 0.000000244. The SMILES string of the molecule is CC1=C(C(=O)OCCSc2cc(Cl)cc(Cl)c2)C(C)C(C(=O)OC(CN2CCOCC2)CN2CCOCC2)=C(C)N1.CCCCOc1ccc(OCCOC(=O)C2=C(C)NC(C)=C(C(=O)OC(CN3CCOCC3)CN3CCOCC3)C2C)cc1. The molecule has 0 aliphatic carbocycles. The maximum atomic E-state index is 13.7. The topological polar surface area (TPSA) is 198 Å². The molecule has 6 aliphatic rings. The highest BCUT2D eigenvalue weighted by Gasteiger charge is 2.38. The van der Waals surface area contributed by atoms with E-state index in [2.05, 4.69) is 37.2 Å². The first-order valence-corrected chi connectivity index (χ1v) is 31.6. The third kappa shape index (κ3) is 21.4. The minimum Gasteiger partial charge on any atom is -0.494 e. The van der Waals surface area contributed by atoms with Gasteiger partial charge in [-0.3, -0.25) is 19.6 Å². The summed E-state index contributed by atoms with van der Waals surface area (Å²) in [6, 6.07) is 12.7. The van der Waals surface area contributed by atoms with Gasteiger partial charge in [0.05, 0.1) is 81.8 Å². The Morgan fingerprint density at radius 2 is 0.859 bits per heavy atom. The third-order valence-electron chi connectivity index (χ3n) is 15.4. The first-order chi connectivity index (χ1) is 41.1. The molecule has 4 fully saturated rings. The number of dihydropyridines is 2. The van der Waals surface area contributed by atoms with Crippen molar-refractivity contribution in [3.63, 3.8) is 0 Å². The largest absolute Gasteiger partial charge is 0.494 e. The first-order valence-electron chi connectivity index (χ1n) is 29.8. The molecule has 0 saturated carbocycles. The molecule has 6 heterocycles. The summed E-state index contributed by atoms with van der Waals surface area (Å²) in [5, 5.41) is 7.52. The van der Waals surface area contributed by atoms with Crippen LogP contribution in [-0.4, -0.2) is 219 Å². The van der Waals surface area contributed by atoms with E-state index in [0.29, 0.717) is 152 Å². The van der Waals surface area contributed by atoms with Crippen molar-refractivity contribution >= 4 is 58.8 Å². The van der Waals surface area contributed by atoms with Crippen LogP contribution in [-0.2, 0) is 57.1 Å². The Morgan fingerprint density at radius 3 is 1.22 bits per heavy atom. The summed E-state index contributed by atoms with van der Waals surface area (Å²) in [7, 11) is 0. The van der Waals surface area contributed by atoms with Crippen LogP contribution in [0.2, 0.25) is 10.0 Å². The quantitative estimate of drug-likeness (QED) is 0.0417. The van der Waals surface area contributed by atoms with E-state index < -0.39 is 35.7 Å². The summed E-state index contributed by atoms with van der Waals surface area (Å²) < 4.78 is 57.0. The van der Waals surface area contributed by atoms with Gasteiger partial charge in [-0.1, -0.05) is 50.4 Å². The van der Waals surface area contributed by atoms with Crippen molar-refractivity contribution in [1.29, 1.82) is 0 Å². The summed E-state index contributed by atoms with van der Waals surface area (Å²) in [6.07, 6.45) is 1.43. The van der Waals surface area contributed by atoms with Crippen LogP contribution in [0.5, 0.6) is 11.5 Å². The first kappa shape index (κ1) is 67.6. The van der Waals surface area contributed by atoms with E-state index in [-0.39, 0.29) is 32.0 Å². The number of ether oxygens (including phenoxy) is 10. The van der Waals surface area contributed by atoms with E-state index in [0.717, 1.165) is 75.8 Å². The third-order valence-corrected chi connectivity index (χ3v) is 16.8. The second-order valence-corrected chi connectivity index (χ2v) is 23.8. The van der Waals surface area contributed by atoms with E-state index >= 15 is 0 Å². The normalized spacial score (nSPS) is 20.4. The number of carbonyl (C=O) groups excluding carboxylic acids is 4. The number of nitrogens with zero attached hydrogens (tertiary/aromatic N) is 4. The molecular formula is C62H88Cl2N6O14S. The lowest BCUT2D eigenvalue weighted by molar-refractivity contribution is -0.149. The lowest BCUT2D eigenvalue weighted by Crippen LogP contribution is -2.48. The molecule has 0 amide bonds. The Bertz CT molecular complexity index is 2590. The Labute approximate surface area is 516 Å². The molecule has 20 nitrogen and oxygen atoms in total. The van der Waals surface area contributed by atoms with Crippen LogP contribution in [0.25, 0.3) is 0 Å². The minimum atomic E-state index is -0.496. The van der Waals surface area contributed by atoms with E-state index in [4.69, 9.17) is 70.6 Å². The van der Waals surface area contributed by atoms with Crippen LogP contribution in [0, 0.1) is 11.8 Å². The lowest BCUT2D eigenvalue weighted by Gasteiger charge is -2.35. The average molecular weight is 1240 g/mol. The Morgan fingerprint density at radius 1 is 0.518 bits per heavy atom. The number of halogens is 2. The maximum Gasteiger partial charge on any atom is 0.336 e. The van der Waals surface area contributed by atoms with Crippen LogP contribution in [0.3, 0.4) is 0 Å². The van der Waals surface area contributed by atoms with Gasteiger partial charge in [-0.25, -0.2) is 19.2 Å². The number of benzene rings is 2. The molecule has 4 saturated heterocycles. The number of nitrogens with one attached hydrogen (secondary N) is 2. The zero-order valence-electron chi connectivity index (χ0n) is 50.6. The Kier molecular flexibility index (Phi) is 28.0. The molecule has 2 aromatic rings. The maximum absolute atomic E-state index is 13.7. The minimum absolute atomic E-state index is 0.0702. The predicted octanol–water partition coefficient (Wildman–Crippen LogP) is 7.14. The lowest BCUT2D eigenvalue weighted by atomic mass is 9.87. The average Bonchev–Trinajstić information content (AvgIpc) is 3.60. The fourth-order valence-electron chi connectivity index (χ4n) is 11.0. The molecule has 0 bridgehead atoms. The molecule has 23 heteroatoms. The molecule has 0 spiro atoms. The fraction of sp³-hybridized carbons (Fsp3) is 0.613. The van der Waals surface area contributed by atoms with Crippen LogP contribution in [0.1, 0.15) is 61.3 Å². The number of thioether (sulfide) groups is 1. The zero-order chi connectivity index (χ0) is 60.7. The van der Waals surface area contributed by atoms with Crippen molar-refractivity contribution in [2.24, 2.45) is 11.8 Å².